The molecule has 1 aromatic carbocycles. The van der Waals surface area contributed by atoms with Gasteiger partial charge >= 0.3 is 6.18 Å². The Bertz CT molecular complexity index is 994. The van der Waals surface area contributed by atoms with E-state index in [-0.39, 0.29) is 23.4 Å². The highest BCUT2D eigenvalue weighted by atomic mass is 35.5. The van der Waals surface area contributed by atoms with Crippen LogP contribution < -0.4 is 10.1 Å². The van der Waals surface area contributed by atoms with Crippen LogP contribution in [0.4, 0.5) is 13.2 Å². The van der Waals surface area contributed by atoms with E-state index in [2.05, 4.69) is 9.73 Å². The van der Waals surface area contributed by atoms with Crippen LogP contribution in [0.25, 0.3) is 0 Å². The van der Waals surface area contributed by atoms with E-state index < -0.39 is 23.4 Å². The van der Waals surface area contributed by atoms with E-state index in [0.717, 1.165) is 11.8 Å². The summed E-state index contributed by atoms with van der Waals surface area (Å²) < 4.78 is 47.7. The van der Waals surface area contributed by atoms with E-state index in [0.29, 0.717) is 42.5 Å². The molecule has 0 unspecified atom stereocenters. The lowest BCUT2D eigenvalue weighted by Crippen LogP contribution is -2.75. The van der Waals surface area contributed by atoms with Gasteiger partial charge in [-0.2, -0.15) is 13.2 Å². The summed E-state index contributed by atoms with van der Waals surface area (Å²) in [6, 6.07) is 5.87. The zero-order valence-corrected chi connectivity index (χ0v) is 16.8. The number of alkyl halides is 3. The van der Waals surface area contributed by atoms with E-state index in [1.165, 1.54) is 0 Å². The van der Waals surface area contributed by atoms with Gasteiger partial charge in [-0.25, -0.2) is 0 Å². The van der Waals surface area contributed by atoms with Crippen LogP contribution in [0.2, 0.25) is 5.02 Å². The van der Waals surface area contributed by atoms with Crippen LogP contribution in [0, 0.1) is 12.3 Å². The second-order valence-electron chi connectivity index (χ2n) is 8.38. The lowest BCUT2D eigenvalue weighted by atomic mass is 9.38. The quantitative estimate of drug-likeness (QED) is 0.660. The molecule has 3 saturated carbocycles. The number of rotatable bonds is 7. The maximum atomic E-state index is 12.6. The monoisotopic (exact) mass is 441 g/mol. The molecular weight excluding hydrogens is 423 g/mol. The number of hydrogen-bond donors (Lipinski definition) is 1. The van der Waals surface area contributed by atoms with Gasteiger partial charge in [-0.15, -0.1) is 0 Å². The van der Waals surface area contributed by atoms with Gasteiger partial charge in [0.2, 0.25) is 5.76 Å². The van der Waals surface area contributed by atoms with E-state index >= 15 is 0 Å². The third-order valence-corrected chi connectivity index (χ3v) is 6.19. The summed E-state index contributed by atoms with van der Waals surface area (Å²) in [4.78, 5) is 24.5. The minimum absolute atomic E-state index is 0.0353. The number of carbonyl (C=O) groups is 2. The van der Waals surface area contributed by atoms with Crippen LogP contribution in [0.15, 0.2) is 34.9 Å². The molecule has 0 aliphatic heterocycles. The number of aryl methyl sites for hydroxylation is 1. The number of nitrogens with one attached hydrogen (secondary N) is 1. The number of hydrogen-bond acceptors (Lipinski definition) is 4. The predicted octanol–water partition coefficient (Wildman–Crippen LogP) is 4.95. The van der Waals surface area contributed by atoms with Gasteiger partial charge in [0.05, 0.1) is 5.56 Å². The van der Waals surface area contributed by atoms with Crippen LogP contribution in [-0.2, 0) is 11.0 Å². The molecule has 2 bridgehead atoms. The summed E-state index contributed by atoms with van der Waals surface area (Å²) in [6.07, 6.45) is -1.60. The fourth-order valence-corrected chi connectivity index (χ4v) is 4.69. The molecule has 2 aromatic rings. The maximum Gasteiger partial charge on any atom is 0.449 e. The first kappa shape index (κ1) is 20.8. The molecule has 1 aromatic heterocycles. The van der Waals surface area contributed by atoms with Gasteiger partial charge in [-0.05, 0) is 55.4 Å². The number of ether oxygens (including phenoxy) is 1. The Morgan fingerprint density at radius 3 is 2.53 bits per heavy atom. The van der Waals surface area contributed by atoms with Crippen LogP contribution in [0.3, 0.4) is 0 Å². The number of benzene rings is 1. The van der Waals surface area contributed by atoms with Crippen LogP contribution in [0.1, 0.15) is 47.4 Å². The molecule has 0 atom stereocenters. The van der Waals surface area contributed by atoms with Gasteiger partial charge in [0.1, 0.15) is 18.6 Å². The normalized spacial score (nSPS) is 24.6. The van der Waals surface area contributed by atoms with Crippen LogP contribution in [-0.4, -0.2) is 23.8 Å². The highest BCUT2D eigenvalue weighted by Gasteiger charge is 2.68. The van der Waals surface area contributed by atoms with Crippen molar-refractivity contribution >= 4 is 23.3 Å². The number of Topliss-reactive ketones (excluding diaryl/α,β-unsaturated/α-hetero) is 1. The van der Waals surface area contributed by atoms with E-state index in [1.807, 2.05) is 6.92 Å². The minimum atomic E-state index is -4.63. The summed E-state index contributed by atoms with van der Waals surface area (Å²) in [5.41, 5.74) is 0.0979. The Balaban J connectivity index is 1.24. The molecule has 160 valence electrons. The molecule has 0 radical (unpaired) electrons. The average molecular weight is 442 g/mol. The molecule has 1 amide bonds. The van der Waals surface area contributed by atoms with E-state index in [9.17, 15) is 22.8 Å². The Labute approximate surface area is 175 Å². The van der Waals surface area contributed by atoms with E-state index in [1.54, 1.807) is 18.2 Å². The highest BCUT2D eigenvalue weighted by Crippen LogP contribution is 2.69. The molecule has 3 aliphatic carbocycles. The van der Waals surface area contributed by atoms with Gasteiger partial charge in [0.25, 0.3) is 5.91 Å². The average Bonchev–Trinajstić information content (AvgIpc) is 3.10. The zero-order valence-electron chi connectivity index (χ0n) is 16.1. The van der Waals surface area contributed by atoms with Gasteiger partial charge in [0, 0.05) is 23.0 Å². The Hall–Kier alpha value is -2.48. The number of halogens is 4. The van der Waals surface area contributed by atoms with Crippen molar-refractivity contribution in [3.8, 4) is 5.75 Å². The minimum Gasteiger partial charge on any atom is -0.486 e. The van der Waals surface area contributed by atoms with Crippen molar-refractivity contribution in [2.45, 2.75) is 44.3 Å². The van der Waals surface area contributed by atoms with Crippen molar-refractivity contribution in [3.05, 3.63) is 52.4 Å². The topological polar surface area (TPSA) is 68.5 Å². The Morgan fingerprint density at radius 2 is 1.93 bits per heavy atom. The first-order chi connectivity index (χ1) is 14.0. The summed E-state index contributed by atoms with van der Waals surface area (Å²) in [5.74, 6) is -1.27. The van der Waals surface area contributed by atoms with Crippen LogP contribution >= 0.6 is 11.6 Å². The SMILES string of the molecule is Cc1cc(OCC(=O)CC23CC(NC(=O)c4coc(C(F)(F)F)c4)(C2)C3)ccc1Cl. The summed E-state index contributed by atoms with van der Waals surface area (Å²) in [5, 5.41) is 3.41. The molecule has 30 heavy (non-hydrogen) atoms. The Morgan fingerprint density at radius 1 is 1.23 bits per heavy atom. The predicted molar refractivity (Wildman–Crippen MR) is 101 cm³/mol. The van der Waals surface area contributed by atoms with E-state index in [4.69, 9.17) is 16.3 Å². The number of ketones is 1. The first-order valence-corrected chi connectivity index (χ1v) is 9.76. The smallest absolute Gasteiger partial charge is 0.449 e. The molecule has 9 heteroatoms. The first-order valence-electron chi connectivity index (χ1n) is 9.38. The van der Waals surface area contributed by atoms with Crippen molar-refractivity contribution in [1.29, 1.82) is 0 Å². The Kier molecular flexibility index (Phi) is 4.88. The fourth-order valence-electron chi connectivity index (χ4n) is 4.58. The molecule has 3 fully saturated rings. The molecule has 0 saturated heterocycles. The number of carbonyl (C=O) groups excluding carboxylic acids is 2. The summed E-state index contributed by atoms with van der Waals surface area (Å²) >= 11 is 5.96. The molecule has 0 spiro atoms. The second kappa shape index (κ2) is 7.04. The van der Waals surface area contributed by atoms with Gasteiger partial charge < -0.3 is 14.5 Å². The third kappa shape index (κ3) is 3.93. The standard InChI is InChI=1S/C21H19ClF3NO4/c1-12-4-15(2-3-16(12)22)29-8-14(27)6-19-9-20(10-19,11-19)26-18(28)13-5-17(30-7-13)21(23,24)25/h2-5,7H,6,8-11H2,1H3,(H,26,28). The zero-order chi connectivity index (χ0) is 21.7. The van der Waals surface area contributed by atoms with Crippen LogP contribution in [0.5, 0.6) is 5.75 Å². The molecule has 3 aliphatic rings. The number of furan rings is 1. The van der Waals surface area contributed by atoms with Crippen molar-refractivity contribution < 1.29 is 31.9 Å². The molecule has 5 rings (SSSR count). The molecule has 1 heterocycles. The highest BCUT2D eigenvalue weighted by molar-refractivity contribution is 6.31. The molecule has 1 N–H and O–H groups in total. The molecular formula is C21H19ClF3NO4. The lowest BCUT2D eigenvalue weighted by Gasteiger charge is -2.70. The van der Waals surface area contributed by atoms with Crippen molar-refractivity contribution in [1.82, 2.24) is 5.32 Å². The summed E-state index contributed by atoms with van der Waals surface area (Å²) in [7, 11) is 0. The van der Waals surface area contributed by atoms with Gasteiger partial charge in [-0.1, -0.05) is 11.6 Å². The van der Waals surface area contributed by atoms with Gasteiger partial charge in [0.15, 0.2) is 5.78 Å². The number of amides is 1. The largest absolute Gasteiger partial charge is 0.486 e. The van der Waals surface area contributed by atoms with Crippen molar-refractivity contribution in [3.63, 3.8) is 0 Å². The maximum absolute atomic E-state index is 12.6. The van der Waals surface area contributed by atoms with Gasteiger partial charge in [-0.3, -0.25) is 9.59 Å². The van der Waals surface area contributed by atoms with Crippen molar-refractivity contribution in [2.75, 3.05) is 6.61 Å². The third-order valence-electron chi connectivity index (χ3n) is 5.76. The second-order valence-corrected chi connectivity index (χ2v) is 8.78. The molecule has 5 nitrogen and oxygen atoms in total. The fraction of sp³-hybridized carbons (Fsp3) is 0.429. The van der Waals surface area contributed by atoms with Crippen molar-refractivity contribution in [2.24, 2.45) is 5.41 Å². The lowest BCUT2D eigenvalue weighted by molar-refractivity contribution is -0.162. The summed E-state index contributed by atoms with van der Waals surface area (Å²) in [6.45, 7) is 1.80.